The first-order chi connectivity index (χ1) is 16.3. The second kappa shape index (κ2) is 11.0. The maximum absolute atomic E-state index is 6.02. The van der Waals surface area contributed by atoms with Gasteiger partial charge in [-0.15, -0.1) is 0 Å². The van der Waals surface area contributed by atoms with Gasteiger partial charge in [0.2, 0.25) is 0 Å². The zero-order chi connectivity index (χ0) is 22.3. The van der Waals surface area contributed by atoms with Crippen LogP contribution in [0.2, 0.25) is 0 Å². The van der Waals surface area contributed by atoms with Crippen molar-refractivity contribution in [3.8, 4) is 6.01 Å². The molecule has 2 fully saturated rings. The second-order valence-electron chi connectivity index (χ2n) is 8.68. The van der Waals surface area contributed by atoms with E-state index in [1.807, 2.05) is 0 Å². The quantitative estimate of drug-likeness (QED) is 0.640. The predicted molar refractivity (Wildman–Crippen MR) is 127 cm³/mol. The molecule has 0 unspecified atom stereocenters. The Hall–Kier alpha value is -2.55. The first-order valence-electron chi connectivity index (χ1n) is 12.1. The van der Waals surface area contributed by atoms with Gasteiger partial charge in [-0.3, -0.25) is 9.89 Å². The standard InChI is InChI=1S/C25H33N5O3/c1-2-6-22-20(4-1)5-3-7-23(22)26-19-21-18-24(30-11-15-32-16-12-30)28-25(27-21)33-17-10-29-8-13-31-14-9-29/h1-2,4,6,18H,3,5,7-17,19H2. The molecule has 2 saturated heterocycles. The van der Waals surface area contributed by atoms with E-state index < -0.39 is 0 Å². The average molecular weight is 452 g/mol. The molecule has 0 N–H and O–H groups in total. The van der Waals surface area contributed by atoms with Crippen molar-refractivity contribution in [2.45, 2.75) is 25.8 Å². The minimum atomic E-state index is 0.437. The zero-order valence-corrected chi connectivity index (χ0v) is 19.2. The number of fused-ring (bicyclic) bond motifs is 1. The van der Waals surface area contributed by atoms with Crippen molar-refractivity contribution < 1.29 is 14.2 Å². The summed E-state index contributed by atoms with van der Waals surface area (Å²) < 4.78 is 17.0. The molecule has 0 radical (unpaired) electrons. The summed E-state index contributed by atoms with van der Waals surface area (Å²) in [6, 6.07) is 11.1. The first-order valence-corrected chi connectivity index (χ1v) is 12.1. The number of aliphatic imine (C=N–C) groups is 1. The van der Waals surface area contributed by atoms with Gasteiger partial charge < -0.3 is 19.1 Å². The third kappa shape index (κ3) is 5.88. The first kappa shape index (κ1) is 22.3. The second-order valence-corrected chi connectivity index (χ2v) is 8.68. The Morgan fingerprint density at radius 3 is 2.58 bits per heavy atom. The Balaban J connectivity index is 1.31. The summed E-state index contributed by atoms with van der Waals surface area (Å²) in [5.41, 5.74) is 4.75. The van der Waals surface area contributed by atoms with Crippen molar-refractivity contribution in [2.24, 2.45) is 4.99 Å². The average Bonchev–Trinajstić information content (AvgIpc) is 2.88. The van der Waals surface area contributed by atoms with Crippen LogP contribution < -0.4 is 9.64 Å². The summed E-state index contributed by atoms with van der Waals surface area (Å²) in [5, 5.41) is 0. The highest BCUT2D eigenvalue weighted by molar-refractivity contribution is 6.02. The van der Waals surface area contributed by atoms with Crippen molar-refractivity contribution >= 4 is 11.5 Å². The molecule has 3 heterocycles. The van der Waals surface area contributed by atoms with Crippen LogP contribution in [-0.2, 0) is 22.4 Å². The number of benzene rings is 1. The Bertz CT molecular complexity index is 955. The highest BCUT2D eigenvalue weighted by Gasteiger charge is 2.18. The Kier molecular flexibility index (Phi) is 7.45. The summed E-state index contributed by atoms with van der Waals surface area (Å²) in [6.45, 7) is 8.49. The summed E-state index contributed by atoms with van der Waals surface area (Å²) in [5.74, 6) is 0.897. The Morgan fingerprint density at radius 1 is 0.939 bits per heavy atom. The lowest BCUT2D eigenvalue weighted by atomic mass is 9.90. The van der Waals surface area contributed by atoms with Crippen LogP contribution in [0.25, 0.3) is 0 Å². The molecule has 0 amide bonds. The minimum Gasteiger partial charge on any atom is -0.462 e. The third-order valence-electron chi connectivity index (χ3n) is 6.44. The lowest BCUT2D eigenvalue weighted by molar-refractivity contribution is 0.0317. The molecule has 0 spiro atoms. The fourth-order valence-corrected chi connectivity index (χ4v) is 4.59. The van der Waals surface area contributed by atoms with E-state index in [-0.39, 0.29) is 0 Å². The molecule has 2 aromatic rings. The number of anilines is 1. The van der Waals surface area contributed by atoms with Crippen LogP contribution in [0, 0.1) is 0 Å². The van der Waals surface area contributed by atoms with Crippen LogP contribution >= 0.6 is 0 Å². The van der Waals surface area contributed by atoms with Crippen molar-refractivity contribution in [1.29, 1.82) is 0 Å². The molecular formula is C25H33N5O3. The van der Waals surface area contributed by atoms with E-state index in [1.54, 1.807) is 0 Å². The molecule has 1 aromatic carbocycles. The molecule has 1 aliphatic carbocycles. The van der Waals surface area contributed by atoms with Gasteiger partial charge >= 0.3 is 6.01 Å². The number of aryl methyl sites for hydroxylation is 1. The van der Waals surface area contributed by atoms with Gasteiger partial charge in [0.1, 0.15) is 12.4 Å². The molecular weight excluding hydrogens is 418 g/mol. The number of aromatic nitrogens is 2. The van der Waals surface area contributed by atoms with Crippen molar-refractivity contribution in [3.05, 3.63) is 47.2 Å². The third-order valence-corrected chi connectivity index (χ3v) is 6.44. The van der Waals surface area contributed by atoms with Gasteiger partial charge in [-0.1, -0.05) is 24.3 Å². The maximum Gasteiger partial charge on any atom is 0.318 e. The topological polar surface area (TPSA) is 72.3 Å². The van der Waals surface area contributed by atoms with E-state index in [4.69, 9.17) is 29.2 Å². The number of rotatable bonds is 7. The number of ether oxygens (including phenoxy) is 3. The summed E-state index contributed by atoms with van der Waals surface area (Å²) in [6.07, 6.45) is 3.29. The van der Waals surface area contributed by atoms with Crippen molar-refractivity contribution in [2.75, 3.05) is 70.7 Å². The highest BCUT2D eigenvalue weighted by Crippen LogP contribution is 2.23. The number of hydrogen-bond donors (Lipinski definition) is 0. The summed E-state index contributed by atoms with van der Waals surface area (Å²) >= 11 is 0. The van der Waals surface area contributed by atoms with E-state index in [0.29, 0.717) is 32.4 Å². The van der Waals surface area contributed by atoms with Crippen LogP contribution in [-0.4, -0.2) is 86.3 Å². The molecule has 0 saturated carbocycles. The van der Waals surface area contributed by atoms with Crippen LogP contribution in [0.5, 0.6) is 6.01 Å². The molecule has 8 heteroatoms. The fraction of sp³-hybridized carbons (Fsp3) is 0.560. The summed E-state index contributed by atoms with van der Waals surface area (Å²) in [4.78, 5) is 19.0. The molecule has 0 bridgehead atoms. The molecule has 3 aliphatic rings. The van der Waals surface area contributed by atoms with Gasteiger partial charge in [0.25, 0.3) is 0 Å². The Morgan fingerprint density at radius 2 is 1.73 bits per heavy atom. The molecule has 0 atom stereocenters. The van der Waals surface area contributed by atoms with Gasteiger partial charge in [0.15, 0.2) is 0 Å². The van der Waals surface area contributed by atoms with E-state index in [0.717, 1.165) is 76.7 Å². The number of morpholine rings is 2. The van der Waals surface area contributed by atoms with Crippen LogP contribution in [0.4, 0.5) is 5.82 Å². The van der Waals surface area contributed by atoms with E-state index >= 15 is 0 Å². The van der Waals surface area contributed by atoms with Crippen LogP contribution in [0.1, 0.15) is 29.7 Å². The summed E-state index contributed by atoms with van der Waals surface area (Å²) in [7, 11) is 0. The van der Waals surface area contributed by atoms with E-state index in [1.165, 1.54) is 16.8 Å². The van der Waals surface area contributed by atoms with Gasteiger partial charge in [0, 0.05) is 44.5 Å². The Labute approximate surface area is 195 Å². The van der Waals surface area contributed by atoms with Crippen molar-refractivity contribution in [3.63, 3.8) is 0 Å². The monoisotopic (exact) mass is 451 g/mol. The molecule has 33 heavy (non-hydrogen) atoms. The molecule has 2 aliphatic heterocycles. The van der Waals surface area contributed by atoms with E-state index in [9.17, 15) is 0 Å². The van der Waals surface area contributed by atoms with Crippen molar-refractivity contribution in [1.82, 2.24) is 14.9 Å². The number of nitrogens with zero attached hydrogens (tertiary/aromatic N) is 5. The molecule has 5 rings (SSSR count). The van der Waals surface area contributed by atoms with Gasteiger partial charge in [-0.2, -0.15) is 9.97 Å². The fourth-order valence-electron chi connectivity index (χ4n) is 4.59. The molecule has 1 aromatic heterocycles. The molecule has 8 nitrogen and oxygen atoms in total. The van der Waals surface area contributed by atoms with Gasteiger partial charge in [-0.25, -0.2) is 0 Å². The zero-order valence-electron chi connectivity index (χ0n) is 19.2. The predicted octanol–water partition coefficient (Wildman–Crippen LogP) is 2.35. The smallest absolute Gasteiger partial charge is 0.318 e. The molecule has 176 valence electrons. The SMILES string of the molecule is c1ccc2c(c1)CCCC2=NCc1cc(N2CCOCC2)nc(OCCN2CCOCC2)n1. The van der Waals surface area contributed by atoms with Gasteiger partial charge in [-0.05, 0) is 30.4 Å². The highest BCUT2D eigenvalue weighted by atomic mass is 16.5. The van der Waals surface area contributed by atoms with E-state index in [2.05, 4.69) is 40.1 Å². The number of hydrogen-bond acceptors (Lipinski definition) is 8. The van der Waals surface area contributed by atoms with Crippen LogP contribution in [0.3, 0.4) is 0 Å². The lowest BCUT2D eigenvalue weighted by Gasteiger charge is -2.28. The maximum atomic E-state index is 6.02. The minimum absolute atomic E-state index is 0.437. The van der Waals surface area contributed by atoms with Crippen LogP contribution in [0.15, 0.2) is 35.3 Å². The largest absolute Gasteiger partial charge is 0.462 e. The lowest BCUT2D eigenvalue weighted by Crippen LogP contribution is -2.39. The normalized spacial score (nSPS) is 20.6. The van der Waals surface area contributed by atoms with Gasteiger partial charge in [0.05, 0.1) is 38.7 Å².